The fourth-order valence-electron chi connectivity index (χ4n) is 0.863. The van der Waals surface area contributed by atoms with Crippen molar-refractivity contribution in [2.75, 3.05) is 12.3 Å². The Kier molecular flexibility index (Phi) is 6.06. The van der Waals surface area contributed by atoms with E-state index in [1.165, 1.54) is 5.75 Å². The lowest BCUT2D eigenvalue weighted by Crippen LogP contribution is -2.37. The van der Waals surface area contributed by atoms with Crippen LogP contribution in [0, 0.1) is 5.92 Å². The predicted molar refractivity (Wildman–Crippen MR) is 64.5 cm³/mol. The van der Waals surface area contributed by atoms with Crippen LogP contribution in [0.3, 0.4) is 0 Å². The Balaban J connectivity index is 3.36. The fourth-order valence-corrected chi connectivity index (χ4v) is 1.84. The van der Waals surface area contributed by atoms with Gasteiger partial charge in [0.1, 0.15) is 0 Å². The predicted octanol–water partition coefficient (Wildman–Crippen LogP) is 3.15. The van der Waals surface area contributed by atoms with Gasteiger partial charge in [-0.1, -0.05) is 20.8 Å². The van der Waals surface area contributed by atoms with Gasteiger partial charge in [0.05, 0.1) is 0 Å². The highest BCUT2D eigenvalue weighted by atomic mass is 32.2. The van der Waals surface area contributed by atoms with Crippen molar-refractivity contribution >= 4 is 11.8 Å². The molecule has 0 aromatic rings. The Morgan fingerprint density at radius 1 is 1.15 bits per heavy atom. The van der Waals surface area contributed by atoms with Crippen LogP contribution in [0.25, 0.3) is 0 Å². The lowest BCUT2D eigenvalue weighted by atomic mass is 10.1. The molecule has 0 heterocycles. The topological polar surface area (TPSA) is 12.0 Å². The molecule has 2 heteroatoms. The number of hydrogen-bond acceptors (Lipinski definition) is 2. The maximum absolute atomic E-state index is 3.50. The number of hydrogen-bond donors (Lipinski definition) is 1. The molecule has 0 rings (SSSR count). The van der Waals surface area contributed by atoms with Crippen molar-refractivity contribution in [3.8, 4) is 0 Å². The maximum Gasteiger partial charge on any atom is 0.00968 e. The van der Waals surface area contributed by atoms with E-state index in [-0.39, 0.29) is 5.54 Å². The standard InChI is InChI=1S/C11H25NS/c1-9(2)10(3)13-8-7-12-11(4,5)6/h9-10,12H,7-8H2,1-6H3. The van der Waals surface area contributed by atoms with Gasteiger partial charge in [0.25, 0.3) is 0 Å². The quantitative estimate of drug-likeness (QED) is 0.689. The van der Waals surface area contributed by atoms with E-state index in [9.17, 15) is 0 Å². The Bertz CT molecular complexity index is 127. The van der Waals surface area contributed by atoms with Gasteiger partial charge >= 0.3 is 0 Å². The van der Waals surface area contributed by atoms with Crippen LogP contribution in [0.2, 0.25) is 0 Å². The van der Waals surface area contributed by atoms with Crippen molar-refractivity contribution in [3.05, 3.63) is 0 Å². The minimum atomic E-state index is 0.266. The maximum atomic E-state index is 3.50. The van der Waals surface area contributed by atoms with Gasteiger partial charge in [-0.2, -0.15) is 11.8 Å². The Morgan fingerprint density at radius 2 is 1.69 bits per heavy atom. The molecule has 0 aliphatic heterocycles. The first-order valence-corrected chi connectivity index (χ1v) is 6.24. The molecule has 1 atom stereocenters. The lowest BCUT2D eigenvalue weighted by molar-refractivity contribution is 0.441. The van der Waals surface area contributed by atoms with Gasteiger partial charge in [-0.25, -0.2) is 0 Å². The van der Waals surface area contributed by atoms with Crippen molar-refractivity contribution < 1.29 is 0 Å². The third-order valence-electron chi connectivity index (χ3n) is 2.08. The summed E-state index contributed by atoms with van der Waals surface area (Å²) in [7, 11) is 0. The molecule has 0 aliphatic rings. The van der Waals surface area contributed by atoms with Gasteiger partial charge in [-0.3, -0.25) is 0 Å². The van der Waals surface area contributed by atoms with Crippen LogP contribution in [0.5, 0.6) is 0 Å². The highest BCUT2D eigenvalue weighted by Crippen LogP contribution is 2.17. The molecular weight excluding hydrogens is 178 g/mol. The number of thioether (sulfide) groups is 1. The summed E-state index contributed by atoms with van der Waals surface area (Å²) in [6.07, 6.45) is 0. The van der Waals surface area contributed by atoms with Crippen LogP contribution in [-0.2, 0) is 0 Å². The van der Waals surface area contributed by atoms with Crippen molar-refractivity contribution in [1.82, 2.24) is 5.32 Å². The summed E-state index contributed by atoms with van der Waals surface area (Å²) in [5, 5.41) is 4.27. The summed E-state index contributed by atoms with van der Waals surface area (Å²) in [4.78, 5) is 0. The zero-order chi connectivity index (χ0) is 10.5. The summed E-state index contributed by atoms with van der Waals surface area (Å²) in [6.45, 7) is 14.6. The molecule has 0 amide bonds. The molecule has 13 heavy (non-hydrogen) atoms. The zero-order valence-electron chi connectivity index (χ0n) is 9.98. The number of rotatable bonds is 5. The van der Waals surface area contributed by atoms with Crippen LogP contribution in [-0.4, -0.2) is 23.1 Å². The van der Waals surface area contributed by atoms with Gasteiger partial charge in [0.2, 0.25) is 0 Å². The molecule has 0 radical (unpaired) electrons. The van der Waals surface area contributed by atoms with Crippen molar-refractivity contribution in [2.24, 2.45) is 5.92 Å². The molecular formula is C11H25NS. The Hall–Kier alpha value is 0.310. The van der Waals surface area contributed by atoms with Crippen molar-refractivity contribution in [2.45, 2.75) is 52.3 Å². The second-order valence-corrected chi connectivity index (χ2v) is 6.48. The van der Waals surface area contributed by atoms with Gasteiger partial charge in [0.15, 0.2) is 0 Å². The Morgan fingerprint density at radius 3 is 2.08 bits per heavy atom. The fraction of sp³-hybridized carbons (Fsp3) is 1.00. The van der Waals surface area contributed by atoms with Crippen LogP contribution in [0.1, 0.15) is 41.5 Å². The summed E-state index contributed by atoms with van der Waals surface area (Å²) < 4.78 is 0. The molecule has 0 saturated heterocycles. The molecule has 1 unspecified atom stereocenters. The van der Waals surface area contributed by atoms with Gasteiger partial charge < -0.3 is 5.32 Å². The lowest BCUT2D eigenvalue weighted by Gasteiger charge is -2.21. The third kappa shape index (κ3) is 8.63. The first-order chi connectivity index (χ1) is 5.83. The van der Waals surface area contributed by atoms with E-state index in [1.54, 1.807) is 0 Å². The van der Waals surface area contributed by atoms with E-state index in [2.05, 4.69) is 58.6 Å². The molecule has 0 aliphatic carbocycles. The summed E-state index contributed by atoms with van der Waals surface area (Å²) in [5.41, 5.74) is 0.266. The average Bonchev–Trinajstić information content (AvgIpc) is 1.95. The SMILES string of the molecule is CC(C)C(C)SCCNC(C)(C)C. The monoisotopic (exact) mass is 203 g/mol. The molecule has 0 aromatic carbocycles. The smallest absolute Gasteiger partial charge is 0.00968 e. The second kappa shape index (κ2) is 5.92. The molecule has 0 fully saturated rings. The molecule has 1 N–H and O–H groups in total. The molecule has 0 saturated carbocycles. The molecule has 0 spiro atoms. The first kappa shape index (κ1) is 13.3. The van der Waals surface area contributed by atoms with E-state index in [4.69, 9.17) is 0 Å². The van der Waals surface area contributed by atoms with Crippen LogP contribution >= 0.6 is 11.8 Å². The first-order valence-electron chi connectivity index (χ1n) is 5.19. The van der Waals surface area contributed by atoms with E-state index in [0.29, 0.717) is 0 Å². The summed E-state index contributed by atoms with van der Waals surface area (Å²) >= 11 is 2.06. The highest BCUT2D eigenvalue weighted by Gasteiger charge is 2.09. The van der Waals surface area contributed by atoms with E-state index < -0.39 is 0 Å². The largest absolute Gasteiger partial charge is 0.311 e. The molecule has 80 valence electrons. The van der Waals surface area contributed by atoms with Gasteiger partial charge in [-0.15, -0.1) is 0 Å². The van der Waals surface area contributed by atoms with Gasteiger partial charge in [0, 0.05) is 23.1 Å². The minimum Gasteiger partial charge on any atom is -0.311 e. The molecule has 0 bridgehead atoms. The van der Waals surface area contributed by atoms with E-state index in [0.717, 1.165) is 17.7 Å². The third-order valence-corrected chi connectivity index (χ3v) is 3.59. The number of nitrogens with one attached hydrogen (secondary N) is 1. The normalized spacial score (nSPS) is 15.0. The van der Waals surface area contributed by atoms with E-state index in [1.807, 2.05) is 0 Å². The second-order valence-electron chi connectivity index (χ2n) is 5.00. The van der Waals surface area contributed by atoms with Crippen LogP contribution in [0.15, 0.2) is 0 Å². The Labute approximate surface area is 88.1 Å². The van der Waals surface area contributed by atoms with Crippen LogP contribution < -0.4 is 5.32 Å². The summed E-state index contributed by atoms with van der Waals surface area (Å²) in [6, 6.07) is 0. The van der Waals surface area contributed by atoms with Gasteiger partial charge in [-0.05, 0) is 26.7 Å². The summed E-state index contributed by atoms with van der Waals surface area (Å²) in [5.74, 6) is 2.01. The minimum absolute atomic E-state index is 0.266. The zero-order valence-corrected chi connectivity index (χ0v) is 10.8. The highest BCUT2D eigenvalue weighted by molar-refractivity contribution is 7.99. The van der Waals surface area contributed by atoms with Crippen molar-refractivity contribution in [3.63, 3.8) is 0 Å². The van der Waals surface area contributed by atoms with Crippen LogP contribution in [0.4, 0.5) is 0 Å². The van der Waals surface area contributed by atoms with E-state index >= 15 is 0 Å². The molecule has 1 nitrogen and oxygen atoms in total. The molecule has 0 aromatic heterocycles. The average molecular weight is 203 g/mol. The van der Waals surface area contributed by atoms with Crippen molar-refractivity contribution in [1.29, 1.82) is 0 Å².